The molecule has 1 aromatic carbocycles. The normalized spacial score (nSPS) is 14.4. The molecule has 0 saturated heterocycles. The van der Waals surface area contributed by atoms with Crippen LogP contribution in [0.3, 0.4) is 0 Å². The molecule has 1 heteroatoms. The van der Waals surface area contributed by atoms with Gasteiger partial charge < -0.3 is 0 Å². The molecule has 0 radical (unpaired) electrons. The van der Waals surface area contributed by atoms with Crippen molar-refractivity contribution in [2.75, 3.05) is 0 Å². The molecule has 0 heterocycles. The molecule has 0 N–H and O–H groups in total. The van der Waals surface area contributed by atoms with Gasteiger partial charge in [-0.1, -0.05) is 17.7 Å². The molecule has 0 unspecified atom stereocenters. The lowest BCUT2D eigenvalue weighted by molar-refractivity contribution is 0.623. The number of halogens is 1. The fourth-order valence-electron chi connectivity index (χ4n) is 1.71. The monoisotopic (exact) mass is 162 g/mol. The number of hydrogen-bond donors (Lipinski definition) is 0. The lowest BCUT2D eigenvalue weighted by atomic mass is 10.0. The molecule has 0 aromatic heterocycles. The van der Waals surface area contributed by atoms with Crippen molar-refractivity contribution in [1.82, 2.24) is 0 Å². The summed E-state index contributed by atoms with van der Waals surface area (Å²) in [6.07, 6.45) is 2.86. The maximum absolute atomic E-state index is 13.2. The molecule has 1 aliphatic carbocycles. The van der Waals surface area contributed by atoms with Crippen LogP contribution in [-0.2, 0) is 6.42 Å². The highest BCUT2D eigenvalue weighted by Gasteiger charge is 2.15. The highest BCUT2D eigenvalue weighted by molar-refractivity contribution is 5.65. The van der Waals surface area contributed by atoms with Crippen molar-refractivity contribution < 1.29 is 4.39 Å². The summed E-state index contributed by atoms with van der Waals surface area (Å²) in [4.78, 5) is 0. The average Bonchev–Trinajstić information content (AvgIpc) is 2.41. The third-order valence-electron chi connectivity index (χ3n) is 2.38. The minimum absolute atomic E-state index is 0.0903. The van der Waals surface area contributed by atoms with Crippen LogP contribution < -0.4 is 0 Å². The summed E-state index contributed by atoms with van der Waals surface area (Å²) in [7, 11) is 0. The van der Waals surface area contributed by atoms with E-state index in [4.69, 9.17) is 0 Å². The summed E-state index contributed by atoms with van der Waals surface area (Å²) in [6, 6.07) is 3.39. The molecular formula is C11H11F. The molecule has 0 aliphatic heterocycles. The Kier molecular flexibility index (Phi) is 1.53. The number of hydrogen-bond acceptors (Lipinski definition) is 0. The number of benzene rings is 1. The van der Waals surface area contributed by atoms with Crippen molar-refractivity contribution in [3.8, 4) is 0 Å². The lowest BCUT2D eigenvalue weighted by Crippen LogP contribution is -1.91. The molecule has 0 spiro atoms. The number of allylic oxidation sites excluding steroid dienone is 1. The van der Waals surface area contributed by atoms with E-state index in [1.165, 1.54) is 11.1 Å². The van der Waals surface area contributed by atoms with Gasteiger partial charge in [-0.05, 0) is 37.5 Å². The van der Waals surface area contributed by atoms with Crippen LogP contribution >= 0.6 is 0 Å². The van der Waals surface area contributed by atoms with E-state index in [9.17, 15) is 4.39 Å². The predicted octanol–water partition coefficient (Wildman–Crippen LogP) is 3.09. The zero-order chi connectivity index (χ0) is 8.72. The molecule has 0 saturated carbocycles. The van der Waals surface area contributed by atoms with Gasteiger partial charge in [0.2, 0.25) is 0 Å². The Morgan fingerprint density at radius 2 is 2.00 bits per heavy atom. The first-order chi connectivity index (χ1) is 5.68. The van der Waals surface area contributed by atoms with Gasteiger partial charge in [-0.2, -0.15) is 0 Å². The van der Waals surface area contributed by atoms with Crippen LogP contribution in [-0.4, -0.2) is 0 Å². The van der Waals surface area contributed by atoms with Gasteiger partial charge in [0.25, 0.3) is 0 Å². The first kappa shape index (κ1) is 7.53. The van der Waals surface area contributed by atoms with E-state index in [0.717, 1.165) is 17.5 Å². The van der Waals surface area contributed by atoms with Crippen LogP contribution in [0.2, 0.25) is 0 Å². The van der Waals surface area contributed by atoms with Gasteiger partial charge in [-0.15, -0.1) is 0 Å². The Morgan fingerprint density at radius 3 is 2.67 bits per heavy atom. The van der Waals surface area contributed by atoms with Crippen LogP contribution in [0, 0.1) is 12.7 Å². The van der Waals surface area contributed by atoms with Gasteiger partial charge in [-0.25, -0.2) is 4.39 Å². The molecule has 0 fully saturated rings. The van der Waals surface area contributed by atoms with Crippen LogP contribution in [0.25, 0.3) is 6.08 Å². The molecule has 0 nitrogen and oxygen atoms in total. The van der Waals surface area contributed by atoms with E-state index >= 15 is 0 Å². The zero-order valence-electron chi connectivity index (χ0n) is 7.32. The summed E-state index contributed by atoms with van der Waals surface area (Å²) >= 11 is 0. The zero-order valence-corrected chi connectivity index (χ0v) is 7.32. The van der Waals surface area contributed by atoms with Crippen LogP contribution in [0.4, 0.5) is 4.39 Å². The Bertz CT molecular complexity index is 362. The van der Waals surface area contributed by atoms with Crippen molar-refractivity contribution in [2.24, 2.45) is 0 Å². The van der Waals surface area contributed by atoms with Crippen molar-refractivity contribution in [2.45, 2.75) is 20.3 Å². The number of aryl methyl sites for hydroxylation is 1. The highest BCUT2D eigenvalue weighted by Crippen LogP contribution is 2.29. The lowest BCUT2D eigenvalue weighted by Gasteiger charge is -2.03. The number of fused-ring (bicyclic) bond motifs is 1. The second-order valence-corrected chi connectivity index (χ2v) is 3.42. The summed E-state index contributed by atoms with van der Waals surface area (Å²) in [5.41, 5.74) is 4.40. The SMILES string of the molecule is CC1=Cc2c(F)ccc(C)c2C1. The quantitative estimate of drug-likeness (QED) is 0.550. The molecule has 0 atom stereocenters. The van der Waals surface area contributed by atoms with E-state index in [2.05, 4.69) is 0 Å². The molecule has 62 valence electrons. The molecule has 1 aromatic rings. The van der Waals surface area contributed by atoms with Gasteiger partial charge in [0, 0.05) is 5.56 Å². The van der Waals surface area contributed by atoms with Crippen molar-refractivity contribution in [3.05, 3.63) is 40.2 Å². The molecule has 0 bridgehead atoms. The first-order valence-corrected chi connectivity index (χ1v) is 4.13. The van der Waals surface area contributed by atoms with Crippen molar-refractivity contribution in [3.63, 3.8) is 0 Å². The minimum Gasteiger partial charge on any atom is -0.206 e. The fraction of sp³-hybridized carbons (Fsp3) is 0.273. The van der Waals surface area contributed by atoms with Crippen molar-refractivity contribution in [1.29, 1.82) is 0 Å². The Hall–Kier alpha value is -1.11. The smallest absolute Gasteiger partial charge is 0.130 e. The molecule has 0 amide bonds. The minimum atomic E-state index is -0.0903. The van der Waals surface area contributed by atoms with E-state index in [-0.39, 0.29) is 5.82 Å². The van der Waals surface area contributed by atoms with Gasteiger partial charge in [-0.3, -0.25) is 0 Å². The largest absolute Gasteiger partial charge is 0.206 e. The van der Waals surface area contributed by atoms with Crippen LogP contribution in [0.5, 0.6) is 0 Å². The van der Waals surface area contributed by atoms with E-state index in [1.807, 2.05) is 26.0 Å². The standard InChI is InChI=1S/C11H11F/c1-7-5-9-8(2)3-4-11(12)10(9)6-7/h3-4,6H,5H2,1-2H3. The molecule has 1 aliphatic rings. The second kappa shape index (κ2) is 2.44. The predicted molar refractivity (Wildman–Crippen MR) is 48.5 cm³/mol. The van der Waals surface area contributed by atoms with Crippen molar-refractivity contribution >= 4 is 6.08 Å². The van der Waals surface area contributed by atoms with E-state index in [0.29, 0.717) is 0 Å². The topological polar surface area (TPSA) is 0 Å². The van der Waals surface area contributed by atoms with Gasteiger partial charge in [0.05, 0.1) is 0 Å². The first-order valence-electron chi connectivity index (χ1n) is 4.13. The van der Waals surface area contributed by atoms with E-state index < -0.39 is 0 Å². The second-order valence-electron chi connectivity index (χ2n) is 3.42. The summed E-state index contributed by atoms with van der Waals surface area (Å²) in [5.74, 6) is -0.0903. The summed E-state index contributed by atoms with van der Waals surface area (Å²) in [5, 5.41) is 0. The Morgan fingerprint density at radius 1 is 1.25 bits per heavy atom. The molecule has 12 heavy (non-hydrogen) atoms. The Balaban J connectivity index is 2.66. The summed E-state index contributed by atoms with van der Waals surface area (Å²) in [6.45, 7) is 4.07. The summed E-state index contributed by atoms with van der Waals surface area (Å²) < 4.78 is 13.2. The maximum atomic E-state index is 13.2. The Labute approximate surface area is 71.7 Å². The van der Waals surface area contributed by atoms with Gasteiger partial charge >= 0.3 is 0 Å². The van der Waals surface area contributed by atoms with Crippen LogP contribution in [0.1, 0.15) is 23.6 Å². The maximum Gasteiger partial charge on any atom is 0.130 e. The molecule has 2 rings (SSSR count). The fourth-order valence-corrected chi connectivity index (χ4v) is 1.71. The van der Waals surface area contributed by atoms with Gasteiger partial charge in [0.15, 0.2) is 0 Å². The number of rotatable bonds is 0. The van der Waals surface area contributed by atoms with E-state index in [1.54, 1.807) is 6.07 Å². The third-order valence-corrected chi connectivity index (χ3v) is 2.38. The average molecular weight is 162 g/mol. The molecular weight excluding hydrogens is 151 g/mol. The highest BCUT2D eigenvalue weighted by atomic mass is 19.1. The third kappa shape index (κ3) is 0.970. The van der Waals surface area contributed by atoms with Crippen LogP contribution in [0.15, 0.2) is 17.7 Å². The van der Waals surface area contributed by atoms with Gasteiger partial charge in [0.1, 0.15) is 5.82 Å².